The van der Waals surface area contributed by atoms with Crippen molar-refractivity contribution < 1.29 is 23.8 Å². The average Bonchev–Trinajstić information content (AvgIpc) is 3.11. The largest absolute Gasteiger partial charge is 0.477 e. The number of carboxylic acid groups (broad SMARTS) is 1. The van der Waals surface area contributed by atoms with Crippen LogP contribution in [0.15, 0.2) is 24.3 Å². The molecule has 142 valence electrons. The molecule has 3 heterocycles. The Balaban J connectivity index is 1.55. The van der Waals surface area contributed by atoms with Gasteiger partial charge in [0, 0.05) is 23.5 Å². The van der Waals surface area contributed by atoms with Gasteiger partial charge in [-0.25, -0.2) is 9.18 Å². The summed E-state index contributed by atoms with van der Waals surface area (Å²) >= 11 is 1.28. The zero-order chi connectivity index (χ0) is 19.2. The number of likely N-dealkylation sites (tertiary alicyclic amines) is 1. The molecular weight excluding hydrogens is 369 g/mol. The fourth-order valence-corrected chi connectivity index (χ4v) is 5.23. The summed E-state index contributed by atoms with van der Waals surface area (Å²) in [5.41, 5.74) is 1.29. The molecule has 2 aliphatic rings. The van der Waals surface area contributed by atoms with E-state index in [2.05, 4.69) is 0 Å². The molecule has 0 saturated carbocycles. The molecule has 0 unspecified atom stereocenters. The number of piperidine rings is 1. The minimum Gasteiger partial charge on any atom is -0.477 e. The highest BCUT2D eigenvalue weighted by Crippen LogP contribution is 2.45. The summed E-state index contributed by atoms with van der Waals surface area (Å²) in [7, 11) is 0. The number of fused-ring (bicyclic) bond motifs is 2. The fourth-order valence-electron chi connectivity index (χ4n) is 3.98. The maximum absolute atomic E-state index is 13.8. The Labute approximate surface area is 160 Å². The van der Waals surface area contributed by atoms with Gasteiger partial charge in [-0.1, -0.05) is 6.07 Å². The average molecular weight is 389 g/mol. The predicted molar refractivity (Wildman–Crippen MR) is 98.9 cm³/mol. The van der Waals surface area contributed by atoms with Crippen molar-refractivity contribution in [3.8, 4) is 0 Å². The van der Waals surface area contributed by atoms with Gasteiger partial charge < -0.3 is 14.7 Å². The second-order valence-electron chi connectivity index (χ2n) is 7.07. The van der Waals surface area contributed by atoms with Gasteiger partial charge in [-0.15, -0.1) is 11.3 Å². The van der Waals surface area contributed by atoms with Crippen molar-refractivity contribution in [2.45, 2.75) is 31.8 Å². The number of halogens is 1. The standard InChI is InChI=1S/C20H20FNO4S/c1-12-14(3-2-4-15(12)21)18(23)22-8-6-20(7-9-22)17-13(5-10-26-20)11-16(27-17)19(24)25/h2-4,11H,5-10H2,1H3,(H,24,25). The molecule has 2 aliphatic heterocycles. The number of carbonyl (C=O) groups excluding carboxylic acids is 1. The lowest BCUT2D eigenvalue weighted by Crippen LogP contribution is -2.48. The number of hydrogen-bond donors (Lipinski definition) is 1. The van der Waals surface area contributed by atoms with Crippen molar-refractivity contribution in [3.05, 3.63) is 56.5 Å². The molecule has 0 aliphatic carbocycles. The van der Waals surface area contributed by atoms with Crippen LogP contribution in [0.3, 0.4) is 0 Å². The van der Waals surface area contributed by atoms with E-state index in [1.807, 2.05) is 0 Å². The smallest absolute Gasteiger partial charge is 0.345 e. The van der Waals surface area contributed by atoms with Gasteiger partial charge in [-0.2, -0.15) is 0 Å². The van der Waals surface area contributed by atoms with Crippen LogP contribution in [-0.2, 0) is 16.8 Å². The zero-order valence-electron chi connectivity index (χ0n) is 15.0. The number of ether oxygens (including phenoxy) is 1. The summed E-state index contributed by atoms with van der Waals surface area (Å²) in [4.78, 5) is 27.2. The molecule has 1 aromatic carbocycles. The monoisotopic (exact) mass is 389 g/mol. The Morgan fingerprint density at radius 2 is 2.04 bits per heavy atom. The number of thiophene rings is 1. The Kier molecular flexibility index (Phi) is 4.52. The van der Waals surface area contributed by atoms with E-state index in [1.165, 1.54) is 17.4 Å². The highest BCUT2D eigenvalue weighted by Gasteiger charge is 2.43. The minimum absolute atomic E-state index is 0.171. The summed E-state index contributed by atoms with van der Waals surface area (Å²) in [5, 5.41) is 9.30. The van der Waals surface area contributed by atoms with Crippen LogP contribution in [0.25, 0.3) is 0 Å². The highest BCUT2D eigenvalue weighted by molar-refractivity contribution is 7.14. The number of carbonyl (C=O) groups is 2. The third-order valence-electron chi connectivity index (χ3n) is 5.54. The zero-order valence-corrected chi connectivity index (χ0v) is 15.8. The van der Waals surface area contributed by atoms with Gasteiger partial charge in [0.25, 0.3) is 5.91 Å². The van der Waals surface area contributed by atoms with Crippen LogP contribution in [0.5, 0.6) is 0 Å². The summed E-state index contributed by atoms with van der Waals surface area (Å²) in [5.74, 6) is -1.47. The number of carboxylic acids is 1. The van der Waals surface area contributed by atoms with Crippen LogP contribution in [0, 0.1) is 12.7 Å². The summed E-state index contributed by atoms with van der Waals surface area (Å²) < 4.78 is 19.9. The Hall–Kier alpha value is -2.25. The lowest BCUT2D eigenvalue weighted by Gasteiger charge is -2.43. The number of rotatable bonds is 2. The lowest BCUT2D eigenvalue weighted by molar-refractivity contribution is -0.0906. The third kappa shape index (κ3) is 3.04. The summed E-state index contributed by atoms with van der Waals surface area (Å²) in [6, 6.07) is 6.31. The van der Waals surface area contributed by atoms with Gasteiger partial charge in [0.2, 0.25) is 0 Å². The Morgan fingerprint density at radius 1 is 1.30 bits per heavy atom. The van der Waals surface area contributed by atoms with E-state index in [-0.39, 0.29) is 11.7 Å². The van der Waals surface area contributed by atoms with Crippen molar-refractivity contribution in [1.82, 2.24) is 4.90 Å². The first kappa shape index (κ1) is 18.1. The van der Waals surface area contributed by atoms with Crippen molar-refractivity contribution >= 4 is 23.2 Å². The third-order valence-corrected chi connectivity index (χ3v) is 6.89. The van der Waals surface area contributed by atoms with Crippen LogP contribution in [0.4, 0.5) is 4.39 Å². The van der Waals surface area contributed by atoms with E-state index in [9.17, 15) is 19.1 Å². The number of aromatic carboxylic acids is 1. The SMILES string of the molecule is Cc1c(F)cccc1C(=O)N1CCC2(CC1)OCCc1cc(C(=O)O)sc12. The molecule has 0 atom stereocenters. The van der Waals surface area contributed by atoms with Crippen LogP contribution in [0.1, 0.15) is 48.9 Å². The molecule has 1 spiro atoms. The molecule has 7 heteroatoms. The van der Waals surface area contributed by atoms with E-state index in [1.54, 1.807) is 30.0 Å². The van der Waals surface area contributed by atoms with E-state index >= 15 is 0 Å². The molecule has 0 radical (unpaired) electrons. The number of hydrogen-bond acceptors (Lipinski definition) is 4. The molecule has 2 aromatic rings. The second kappa shape index (κ2) is 6.73. The fraction of sp³-hybridized carbons (Fsp3) is 0.400. The van der Waals surface area contributed by atoms with Gasteiger partial charge in [-0.3, -0.25) is 4.79 Å². The number of amides is 1. The first-order valence-electron chi connectivity index (χ1n) is 8.96. The van der Waals surface area contributed by atoms with E-state index in [0.717, 1.165) is 10.4 Å². The van der Waals surface area contributed by atoms with Gasteiger partial charge >= 0.3 is 5.97 Å². The normalized spacial score (nSPS) is 18.4. The molecule has 1 fully saturated rings. The van der Waals surface area contributed by atoms with E-state index in [4.69, 9.17) is 4.74 Å². The summed E-state index contributed by atoms with van der Waals surface area (Å²) in [6.45, 7) is 3.16. The van der Waals surface area contributed by atoms with Crippen LogP contribution in [0.2, 0.25) is 0 Å². The van der Waals surface area contributed by atoms with Gasteiger partial charge in [-0.05, 0) is 55.5 Å². The van der Waals surface area contributed by atoms with Crippen LogP contribution >= 0.6 is 11.3 Å². The molecular formula is C20H20FNO4S. The van der Waals surface area contributed by atoms with Crippen molar-refractivity contribution in [2.24, 2.45) is 0 Å². The number of benzene rings is 1. The van der Waals surface area contributed by atoms with Crippen molar-refractivity contribution in [2.75, 3.05) is 19.7 Å². The van der Waals surface area contributed by atoms with E-state index in [0.29, 0.717) is 55.0 Å². The van der Waals surface area contributed by atoms with Gasteiger partial charge in [0.1, 0.15) is 16.3 Å². The number of nitrogens with zero attached hydrogens (tertiary/aromatic N) is 1. The van der Waals surface area contributed by atoms with E-state index < -0.39 is 11.6 Å². The Morgan fingerprint density at radius 3 is 2.74 bits per heavy atom. The molecule has 1 aromatic heterocycles. The molecule has 1 saturated heterocycles. The molecule has 1 N–H and O–H groups in total. The molecule has 1 amide bonds. The first-order valence-corrected chi connectivity index (χ1v) is 9.78. The summed E-state index contributed by atoms with van der Waals surface area (Å²) in [6.07, 6.45) is 1.94. The maximum atomic E-state index is 13.8. The topological polar surface area (TPSA) is 66.8 Å². The molecule has 5 nitrogen and oxygen atoms in total. The van der Waals surface area contributed by atoms with Gasteiger partial charge in [0.15, 0.2) is 0 Å². The Bertz CT molecular complexity index is 915. The lowest BCUT2D eigenvalue weighted by atomic mass is 9.85. The van der Waals surface area contributed by atoms with Gasteiger partial charge in [0.05, 0.1) is 6.61 Å². The molecule has 0 bridgehead atoms. The molecule has 4 rings (SSSR count). The van der Waals surface area contributed by atoms with Crippen LogP contribution in [-0.4, -0.2) is 41.6 Å². The minimum atomic E-state index is -0.918. The first-order chi connectivity index (χ1) is 12.9. The predicted octanol–water partition coefficient (Wildman–Crippen LogP) is 3.60. The van der Waals surface area contributed by atoms with Crippen molar-refractivity contribution in [1.29, 1.82) is 0 Å². The van der Waals surface area contributed by atoms with Crippen molar-refractivity contribution in [3.63, 3.8) is 0 Å². The van der Waals surface area contributed by atoms with Crippen LogP contribution < -0.4 is 0 Å². The second-order valence-corrected chi connectivity index (χ2v) is 8.12. The maximum Gasteiger partial charge on any atom is 0.345 e. The highest BCUT2D eigenvalue weighted by atomic mass is 32.1. The molecule has 27 heavy (non-hydrogen) atoms. The quantitative estimate of drug-likeness (QED) is 0.852.